The van der Waals surface area contributed by atoms with Crippen LogP contribution in [0.5, 0.6) is 0 Å². The van der Waals surface area contributed by atoms with Gasteiger partial charge in [-0.2, -0.15) is 5.26 Å². The van der Waals surface area contributed by atoms with Crippen molar-refractivity contribution >= 4 is 36.1 Å². The fourth-order valence-corrected chi connectivity index (χ4v) is 4.94. The Morgan fingerprint density at radius 2 is 1.32 bits per heavy atom. The minimum atomic E-state index is 0.123. The average molecular weight is 515 g/mol. The molecule has 1 aromatic heterocycles. The molecule has 0 saturated carbocycles. The van der Waals surface area contributed by atoms with Crippen molar-refractivity contribution in [2.75, 3.05) is 0 Å². The second kappa shape index (κ2) is 12.1. The molecule has 0 spiro atoms. The average Bonchev–Trinajstić information content (AvgIpc) is 2.91. The number of nitrogens with zero attached hydrogens (tertiary/aromatic N) is 2. The second-order valence-electron chi connectivity index (χ2n) is 10.7. The summed E-state index contributed by atoms with van der Waals surface area (Å²) >= 11 is 1.61. The topological polar surface area (TPSA) is 36.7 Å². The number of nitriles is 1. The molecule has 1 heterocycles. The Balaban J connectivity index is 1.66. The van der Waals surface area contributed by atoms with E-state index in [0.29, 0.717) is 5.56 Å². The van der Waals surface area contributed by atoms with Crippen LogP contribution in [0.25, 0.3) is 24.3 Å². The van der Waals surface area contributed by atoms with Crippen molar-refractivity contribution in [3.05, 3.63) is 129 Å². The summed E-state index contributed by atoms with van der Waals surface area (Å²) in [7, 11) is 0. The molecule has 0 aliphatic heterocycles. The van der Waals surface area contributed by atoms with Gasteiger partial charge in [-0.3, -0.25) is 0 Å². The van der Waals surface area contributed by atoms with Crippen LogP contribution in [0.15, 0.2) is 83.9 Å². The summed E-state index contributed by atoms with van der Waals surface area (Å²) in [5.41, 5.74) is 9.64. The highest BCUT2D eigenvalue weighted by molar-refractivity contribution is 7.98. The van der Waals surface area contributed by atoms with Gasteiger partial charge in [0.25, 0.3) is 0 Å². The van der Waals surface area contributed by atoms with Crippen LogP contribution in [0.3, 0.4) is 0 Å². The van der Waals surface area contributed by atoms with Crippen molar-refractivity contribution in [2.45, 2.75) is 50.8 Å². The predicted molar refractivity (Wildman–Crippen MR) is 164 cm³/mol. The largest absolute Gasteiger partial charge is 0.241 e. The fraction of sp³-hybridized carbons (Fsp3) is 0.200. The molecule has 0 bridgehead atoms. The minimum Gasteiger partial charge on any atom is -0.241 e. The van der Waals surface area contributed by atoms with Crippen LogP contribution in [0.4, 0.5) is 0 Å². The van der Waals surface area contributed by atoms with Gasteiger partial charge in [0.2, 0.25) is 0 Å². The normalized spacial score (nSPS) is 11.8. The summed E-state index contributed by atoms with van der Waals surface area (Å²) in [6, 6.07) is 30.0. The molecular weight excluding hydrogens is 480 g/mol. The maximum absolute atomic E-state index is 10.1. The summed E-state index contributed by atoms with van der Waals surface area (Å²) in [6.07, 6.45) is 8.18. The number of aryl methyl sites for hydroxylation is 2. The van der Waals surface area contributed by atoms with Gasteiger partial charge in [-0.15, -0.1) is 11.8 Å². The number of hydrogen-bond acceptors (Lipinski definition) is 3. The summed E-state index contributed by atoms with van der Waals surface area (Å²) in [6.45, 7) is 10.8. The molecule has 3 heteroatoms. The van der Waals surface area contributed by atoms with E-state index >= 15 is 0 Å². The SMILES string of the molecule is Cc1ccc(C=Cc2cc(C=Cc3ccc(C)cc3)c(C#N)c(SCc3ccc(C(C)(C)C)cc3)n2)cc1. The number of aromatic nitrogens is 1. The van der Waals surface area contributed by atoms with Crippen LogP contribution >= 0.6 is 11.8 Å². The van der Waals surface area contributed by atoms with Crippen molar-refractivity contribution < 1.29 is 0 Å². The van der Waals surface area contributed by atoms with Gasteiger partial charge in [0.15, 0.2) is 0 Å². The van der Waals surface area contributed by atoms with Gasteiger partial charge in [-0.05, 0) is 59.2 Å². The molecule has 0 saturated heterocycles. The summed E-state index contributed by atoms with van der Waals surface area (Å²) < 4.78 is 0. The van der Waals surface area contributed by atoms with E-state index in [-0.39, 0.29) is 5.41 Å². The lowest BCUT2D eigenvalue weighted by molar-refractivity contribution is 0.590. The van der Waals surface area contributed by atoms with Crippen LogP contribution in [0.1, 0.15) is 71.0 Å². The first-order valence-electron chi connectivity index (χ1n) is 12.9. The van der Waals surface area contributed by atoms with Crippen molar-refractivity contribution in [1.82, 2.24) is 4.98 Å². The first kappa shape index (κ1) is 27.2. The second-order valence-corrected chi connectivity index (χ2v) is 11.6. The Bertz CT molecular complexity index is 1480. The number of thioether (sulfide) groups is 1. The van der Waals surface area contributed by atoms with E-state index in [2.05, 4.69) is 126 Å². The van der Waals surface area contributed by atoms with Gasteiger partial charge < -0.3 is 0 Å². The molecule has 0 radical (unpaired) electrons. The third kappa shape index (κ3) is 7.34. The summed E-state index contributed by atoms with van der Waals surface area (Å²) in [4.78, 5) is 4.90. The molecule has 0 atom stereocenters. The lowest BCUT2D eigenvalue weighted by Crippen LogP contribution is -2.10. The smallest absolute Gasteiger partial charge is 0.115 e. The molecule has 190 valence electrons. The molecule has 0 aliphatic carbocycles. The van der Waals surface area contributed by atoms with Crippen LogP contribution in [-0.2, 0) is 11.2 Å². The molecule has 0 amide bonds. The van der Waals surface area contributed by atoms with Gasteiger partial charge in [0.1, 0.15) is 11.1 Å². The van der Waals surface area contributed by atoms with Crippen LogP contribution < -0.4 is 0 Å². The number of benzene rings is 3. The lowest BCUT2D eigenvalue weighted by atomic mass is 9.87. The Morgan fingerprint density at radius 3 is 1.84 bits per heavy atom. The van der Waals surface area contributed by atoms with Gasteiger partial charge in [0, 0.05) is 5.75 Å². The quantitative estimate of drug-likeness (QED) is 0.230. The minimum absolute atomic E-state index is 0.123. The van der Waals surface area contributed by atoms with Crippen LogP contribution in [-0.4, -0.2) is 4.98 Å². The van der Waals surface area contributed by atoms with Crippen molar-refractivity contribution in [3.8, 4) is 6.07 Å². The molecule has 4 rings (SSSR count). The Kier molecular flexibility index (Phi) is 8.66. The van der Waals surface area contributed by atoms with Gasteiger partial charge in [-0.25, -0.2) is 4.98 Å². The maximum atomic E-state index is 10.1. The Labute approximate surface area is 231 Å². The molecule has 0 N–H and O–H groups in total. The fourth-order valence-electron chi connectivity index (χ4n) is 3.97. The molecule has 0 fully saturated rings. The molecular formula is C35H34N2S. The van der Waals surface area contributed by atoms with Crippen molar-refractivity contribution in [1.29, 1.82) is 5.26 Å². The third-order valence-electron chi connectivity index (χ3n) is 6.40. The maximum Gasteiger partial charge on any atom is 0.115 e. The highest BCUT2D eigenvalue weighted by Crippen LogP contribution is 2.30. The van der Waals surface area contributed by atoms with Crippen LogP contribution in [0.2, 0.25) is 0 Å². The highest BCUT2D eigenvalue weighted by atomic mass is 32.2. The molecule has 4 aromatic rings. The monoisotopic (exact) mass is 514 g/mol. The van der Waals surface area contributed by atoms with E-state index in [4.69, 9.17) is 4.98 Å². The van der Waals surface area contributed by atoms with Crippen molar-refractivity contribution in [2.24, 2.45) is 0 Å². The molecule has 2 nitrogen and oxygen atoms in total. The van der Waals surface area contributed by atoms with Gasteiger partial charge >= 0.3 is 0 Å². The zero-order valence-electron chi connectivity index (χ0n) is 22.8. The highest BCUT2D eigenvalue weighted by Gasteiger charge is 2.14. The summed E-state index contributed by atoms with van der Waals surface area (Å²) in [5.74, 6) is 0.748. The van der Waals surface area contributed by atoms with Crippen LogP contribution in [0, 0.1) is 25.2 Å². The van der Waals surface area contributed by atoms with E-state index in [9.17, 15) is 5.26 Å². The molecule has 0 aliphatic rings. The first-order chi connectivity index (χ1) is 18.2. The Hall–Kier alpha value is -3.87. The Morgan fingerprint density at radius 1 is 0.763 bits per heavy atom. The van der Waals surface area contributed by atoms with E-state index in [1.54, 1.807) is 11.8 Å². The molecule has 3 aromatic carbocycles. The van der Waals surface area contributed by atoms with Gasteiger partial charge in [-0.1, -0.05) is 123 Å². The van der Waals surface area contributed by atoms with E-state index < -0.39 is 0 Å². The zero-order chi connectivity index (χ0) is 27.1. The van der Waals surface area contributed by atoms with E-state index in [0.717, 1.165) is 33.2 Å². The lowest BCUT2D eigenvalue weighted by Gasteiger charge is -2.19. The number of pyridine rings is 1. The molecule has 38 heavy (non-hydrogen) atoms. The third-order valence-corrected chi connectivity index (χ3v) is 7.45. The number of hydrogen-bond donors (Lipinski definition) is 0. The van der Waals surface area contributed by atoms with E-state index in [1.165, 1.54) is 22.3 Å². The van der Waals surface area contributed by atoms with Crippen molar-refractivity contribution in [3.63, 3.8) is 0 Å². The zero-order valence-corrected chi connectivity index (χ0v) is 23.6. The summed E-state index contributed by atoms with van der Waals surface area (Å²) in [5, 5.41) is 10.9. The first-order valence-corrected chi connectivity index (χ1v) is 13.9. The number of rotatable bonds is 7. The van der Waals surface area contributed by atoms with E-state index in [1.807, 2.05) is 18.2 Å². The van der Waals surface area contributed by atoms with Gasteiger partial charge in [0.05, 0.1) is 11.3 Å². The molecule has 0 unspecified atom stereocenters. The predicted octanol–water partition coefficient (Wildman–Crippen LogP) is 9.50. The standard InChI is InChI=1S/C35H34N2S/c1-25-6-10-27(11-7-25)14-18-30-22-32(21-17-28-12-8-26(2)9-13-28)37-34(33(30)23-36)38-24-29-15-19-31(20-16-29)35(3,4)5/h6-22H,24H2,1-5H3.